The lowest BCUT2D eigenvalue weighted by Gasteiger charge is -2.23. The quantitative estimate of drug-likeness (QED) is 0.830. The van der Waals surface area contributed by atoms with Crippen LogP contribution in [0, 0.1) is 0 Å². The maximum atomic E-state index is 5.99. The van der Waals surface area contributed by atoms with Gasteiger partial charge in [0.1, 0.15) is 5.82 Å². The number of hydrogen-bond acceptors (Lipinski definition) is 3. The number of halogens is 1. The minimum atomic E-state index is 0.612. The molecular weight excluding hydrogens is 222 g/mol. The Morgan fingerprint density at radius 1 is 1.56 bits per heavy atom. The molecule has 0 aliphatic rings. The van der Waals surface area contributed by atoms with Crippen molar-refractivity contribution in [3.8, 4) is 0 Å². The molecule has 0 aromatic carbocycles. The van der Waals surface area contributed by atoms with Crippen molar-refractivity contribution in [2.75, 3.05) is 25.5 Å². The van der Waals surface area contributed by atoms with Gasteiger partial charge in [0.25, 0.3) is 0 Å². The Morgan fingerprint density at radius 2 is 2.31 bits per heavy atom. The zero-order valence-electron chi connectivity index (χ0n) is 10.2. The minimum Gasteiger partial charge on any atom is -0.368 e. The van der Waals surface area contributed by atoms with Gasteiger partial charge in [-0.05, 0) is 32.5 Å². The van der Waals surface area contributed by atoms with Crippen LogP contribution in [-0.4, -0.2) is 36.1 Å². The van der Waals surface area contributed by atoms with E-state index in [9.17, 15) is 0 Å². The monoisotopic (exact) mass is 241 g/mol. The van der Waals surface area contributed by atoms with Gasteiger partial charge in [0.05, 0.1) is 5.02 Å². The molecule has 0 saturated heterocycles. The third-order valence-corrected chi connectivity index (χ3v) is 3.16. The lowest BCUT2D eigenvalue weighted by Crippen LogP contribution is -2.32. The number of anilines is 1. The van der Waals surface area contributed by atoms with E-state index in [0.29, 0.717) is 11.1 Å². The highest BCUT2D eigenvalue weighted by molar-refractivity contribution is 6.32. The number of pyridine rings is 1. The van der Waals surface area contributed by atoms with Crippen LogP contribution < -0.4 is 5.32 Å². The first-order valence-corrected chi connectivity index (χ1v) is 6.07. The fourth-order valence-corrected chi connectivity index (χ4v) is 1.59. The number of likely N-dealkylation sites (N-methyl/N-ethyl adjacent to an activating group) is 1. The molecule has 0 spiro atoms. The van der Waals surface area contributed by atoms with Crippen molar-refractivity contribution in [2.45, 2.75) is 26.3 Å². The standard InChI is InChI=1S/C12H20ClN3/c1-4-10(2)16(3)9-8-15-12-11(13)6-5-7-14-12/h5-7,10H,4,8-9H2,1-3H3,(H,14,15). The predicted octanol–water partition coefficient (Wildman–Crippen LogP) is 2.88. The summed E-state index contributed by atoms with van der Waals surface area (Å²) in [6.45, 7) is 6.28. The topological polar surface area (TPSA) is 28.2 Å². The molecule has 0 radical (unpaired) electrons. The molecule has 0 saturated carbocycles. The number of aromatic nitrogens is 1. The third-order valence-electron chi connectivity index (χ3n) is 2.86. The van der Waals surface area contributed by atoms with Crippen LogP contribution in [0.4, 0.5) is 5.82 Å². The van der Waals surface area contributed by atoms with Gasteiger partial charge in [-0.1, -0.05) is 18.5 Å². The molecule has 16 heavy (non-hydrogen) atoms. The Hall–Kier alpha value is -0.800. The Kier molecular flexibility index (Phi) is 5.56. The highest BCUT2D eigenvalue weighted by atomic mass is 35.5. The van der Waals surface area contributed by atoms with Crippen molar-refractivity contribution in [1.82, 2.24) is 9.88 Å². The van der Waals surface area contributed by atoms with Crippen LogP contribution in [-0.2, 0) is 0 Å². The summed E-state index contributed by atoms with van der Waals surface area (Å²) in [4.78, 5) is 6.50. The van der Waals surface area contributed by atoms with Crippen molar-refractivity contribution < 1.29 is 0 Å². The lowest BCUT2D eigenvalue weighted by molar-refractivity contribution is 0.261. The molecule has 0 fully saturated rings. The third kappa shape index (κ3) is 3.99. The molecular formula is C12H20ClN3. The van der Waals surface area contributed by atoms with Crippen LogP contribution in [0.15, 0.2) is 18.3 Å². The number of hydrogen-bond donors (Lipinski definition) is 1. The zero-order valence-corrected chi connectivity index (χ0v) is 11.0. The maximum Gasteiger partial charge on any atom is 0.144 e. The van der Waals surface area contributed by atoms with Crippen LogP contribution in [0.25, 0.3) is 0 Å². The SMILES string of the molecule is CCC(C)N(C)CCNc1ncccc1Cl. The second kappa shape index (κ2) is 6.71. The number of nitrogens with zero attached hydrogens (tertiary/aromatic N) is 2. The van der Waals surface area contributed by atoms with E-state index in [2.05, 4.69) is 36.1 Å². The molecule has 1 heterocycles. The molecule has 1 N–H and O–H groups in total. The van der Waals surface area contributed by atoms with E-state index in [1.165, 1.54) is 6.42 Å². The van der Waals surface area contributed by atoms with E-state index in [1.807, 2.05) is 12.1 Å². The van der Waals surface area contributed by atoms with Crippen LogP contribution in [0.3, 0.4) is 0 Å². The first kappa shape index (κ1) is 13.3. The average molecular weight is 242 g/mol. The van der Waals surface area contributed by atoms with Gasteiger partial charge < -0.3 is 10.2 Å². The summed E-state index contributed by atoms with van der Waals surface area (Å²) < 4.78 is 0. The molecule has 0 bridgehead atoms. The largest absolute Gasteiger partial charge is 0.368 e. The highest BCUT2D eigenvalue weighted by Gasteiger charge is 2.06. The van der Waals surface area contributed by atoms with E-state index in [-0.39, 0.29) is 0 Å². The van der Waals surface area contributed by atoms with E-state index < -0.39 is 0 Å². The zero-order chi connectivity index (χ0) is 12.0. The first-order chi connectivity index (χ1) is 7.65. The predicted molar refractivity (Wildman–Crippen MR) is 70.1 cm³/mol. The summed E-state index contributed by atoms with van der Waals surface area (Å²) >= 11 is 5.99. The van der Waals surface area contributed by atoms with Crippen molar-refractivity contribution in [3.05, 3.63) is 23.4 Å². The molecule has 90 valence electrons. The lowest BCUT2D eigenvalue weighted by atomic mass is 10.2. The molecule has 0 aliphatic carbocycles. The van der Waals surface area contributed by atoms with Gasteiger partial charge >= 0.3 is 0 Å². The Morgan fingerprint density at radius 3 is 2.94 bits per heavy atom. The summed E-state index contributed by atoms with van der Waals surface area (Å²) in [5.74, 6) is 0.765. The molecule has 3 nitrogen and oxygen atoms in total. The molecule has 1 rings (SSSR count). The van der Waals surface area contributed by atoms with Gasteiger partial charge in [-0.3, -0.25) is 0 Å². The summed E-state index contributed by atoms with van der Waals surface area (Å²) in [6, 6.07) is 4.29. The highest BCUT2D eigenvalue weighted by Crippen LogP contribution is 2.16. The van der Waals surface area contributed by atoms with E-state index in [4.69, 9.17) is 11.6 Å². The summed E-state index contributed by atoms with van der Waals surface area (Å²) in [6.07, 6.45) is 2.91. The fourth-order valence-electron chi connectivity index (χ4n) is 1.40. The molecule has 1 unspecified atom stereocenters. The van der Waals surface area contributed by atoms with E-state index in [1.54, 1.807) is 6.20 Å². The molecule has 0 aliphatic heterocycles. The van der Waals surface area contributed by atoms with Gasteiger partial charge in [0.15, 0.2) is 0 Å². The van der Waals surface area contributed by atoms with Gasteiger partial charge in [-0.2, -0.15) is 0 Å². The Bertz CT molecular complexity index is 317. The Labute approximate surface area is 103 Å². The normalized spacial score (nSPS) is 12.8. The first-order valence-electron chi connectivity index (χ1n) is 5.69. The molecule has 1 atom stereocenters. The smallest absolute Gasteiger partial charge is 0.144 e. The van der Waals surface area contributed by atoms with Gasteiger partial charge in [0, 0.05) is 25.3 Å². The van der Waals surface area contributed by atoms with Crippen LogP contribution >= 0.6 is 11.6 Å². The maximum absolute atomic E-state index is 5.99. The van der Waals surface area contributed by atoms with Gasteiger partial charge in [0.2, 0.25) is 0 Å². The van der Waals surface area contributed by atoms with Crippen molar-refractivity contribution >= 4 is 17.4 Å². The van der Waals surface area contributed by atoms with Gasteiger partial charge in [-0.15, -0.1) is 0 Å². The molecule has 0 amide bonds. The average Bonchev–Trinajstić information content (AvgIpc) is 2.30. The number of nitrogens with one attached hydrogen (secondary N) is 1. The molecule has 1 aromatic heterocycles. The van der Waals surface area contributed by atoms with Crippen LogP contribution in [0.1, 0.15) is 20.3 Å². The van der Waals surface area contributed by atoms with Gasteiger partial charge in [-0.25, -0.2) is 4.98 Å². The Balaban J connectivity index is 2.33. The van der Waals surface area contributed by atoms with E-state index >= 15 is 0 Å². The second-order valence-electron chi connectivity index (χ2n) is 4.00. The fraction of sp³-hybridized carbons (Fsp3) is 0.583. The van der Waals surface area contributed by atoms with Crippen molar-refractivity contribution in [2.24, 2.45) is 0 Å². The van der Waals surface area contributed by atoms with E-state index in [0.717, 1.165) is 18.9 Å². The minimum absolute atomic E-state index is 0.612. The summed E-state index contributed by atoms with van der Waals surface area (Å²) in [5.41, 5.74) is 0. The van der Waals surface area contributed by atoms with Crippen molar-refractivity contribution in [1.29, 1.82) is 0 Å². The van der Waals surface area contributed by atoms with Crippen molar-refractivity contribution in [3.63, 3.8) is 0 Å². The number of rotatable bonds is 6. The van der Waals surface area contributed by atoms with Crippen LogP contribution in [0.5, 0.6) is 0 Å². The second-order valence-corrected chi connectivity index (χ2v) is 4.41. The molecule has 1 aromatic rings. The molecule has 4 heteroatoms. The van der Waals surface area contributed by atoms with Crippen LogP contribution in [0.2, 0.25) is 5.02 Å². The summed E-state index contributed by atoms with van der Waals surface area (Å²) in [5, 5.41) is 3.91. The summed E-state index contributed by atoms with van der Waals surface area (Å²) in [7, 11) is 2.13.